The molecule has 0 aromatic heterocycles. The molecule has 0 N–H and O–H groups in total. The number of benzene rings is 1. The molecule has 138 valence electrons. The van der Waals surface area contributed by atoms with Gasteiger partial charge in [-0.1, -0.05) is 21.4 Å². The van der Waals surface area contributed by atoms with E-state index in [9.17, 15) is 25.9 Å². The van der Waals surface area contributed by atoms with Crippen LogP contribution in [-0.4, -0.2) is 25.9 Å². The third-order valence-corrected chi connectivity index (χ3v) is 4.90. The smallest absolute Gasteiger partial charge is 0.744 e. The van der Waals surface area contributed by atoms with Crippen molar-refractivity contribution in [2.75, 3.05) is 0 Å². The summed E-state index contributed by atoms with van der Waals surface area (Å²) in [5.41, 5.74) is 23.4. The SMILES string of the molecule is [N-]=[N+]=NCc1cc(CN=[N+]=[N-])c(S(=O)(=O)[O-])c(CN=[N+]=[N-])c1S(=O)(=O)[O-].[Na+].[Na+]. The molecule has 28 heavy (non-hydrogen) atoms. The average molecular weight is 447 g/mol. The van der Waals surface area contributed by atoms with Gasteiger partial charge in [0.15, 0.2) is 0 Å². The standard InChI is InChI=1S/C9H9N9O6S2.2Na/c10-16-13-2-5-1-6(3-14-17-11)9(26(22,23)24)7(4-15-18-12)8(5)25(19,20)21;;/h1H,2-4H2,(H,19,20,21)(H,22,23,24);;/q;2*+1/p-2. The van der Waals surface area contributed by atoms with Crippen LogP contribution in [0, 0.1) is 0 Å². The summed E-state index contributed by atoms with van der Waals surface area (Å²) in [4.78, 5) is 4.80. The van der Waals surface area contributed by atoms with E-state index < -0.39 is 66.4 Å². The van der Waals surface area contributed by atoms with Crippen LogP contribution >= 0.6 is 0 Å². The zero-order chi connectivity index (χ0) is 20.0. The molecule has 0 radical (unpaired) electrons. The predicted molar refractivity (Wildman–Crippen MR) is 80.9 cm³/mol. The maximum Gasteiger partial charge on any atom is 1.00 e. The summed E-state index contributed by atoms with van der Waals surface area (Å²) < 4.78 is 69.6. The zero-order valence-electron chi connectivity index (χ0n) is 14.5. The number of nitrogens with zero attached hydrogens (tertiary/aromatic N) is 9. The molecule has 19 heteroatoms. The van der Waals surface area contributed by atoms with Crippen LogP contribution in [0.4, 0.5) is 0 Å². The van der Waals surface area contributed by atoms with Gasteiger partial charge in [0.1, 0.15) is 20.2 Å². The fourth-order valence-corrected chi connectivity index (χ4v) is 4.04. The molecule has 0 atom stereocenters. The number of rotatable bonds is 8. The second-order valence-electron chi connectivity index (χ2n) is 4.41. The second kappa shape index (κ2) is 12.5. The Balaban J connectivity index is 0. The Bertz CT molecular complexity index is 1010. The maximum atomic E-state index is 11.6. The van der Waals surface area contributed by atoms with Crippen molar-refractivity contribution < 1.29 is 85.1 Å². The summed E-state index contributed by atoms with van der Waals surface area (Å²) in [5, 5.41) is 9.19. The van der Waals surface area contributed by atoms with Crippen LogP contribution in [0.2, 0.25) is 0 Å². The van der Waals surface area contributed by atoms with E-state index in [2.05, 4.69) is 30.1 Å². The Morgan fingerprint density at radius 3 is 1.36 bits per heavy atom. The van der Waals surface area contributed by atoms with Gasteiger partial charge in [-0.25, -0.2) is 16.8 Å². The molecule has 0 bridgehead atoms. The van der Waals surface area contributed by atoms with Gasteiger partial charge in [0.05, 0.1) is 29.4 Å². The summed E-state index contributed by atoms with van der Waals surface area (Å²) in [6.45, 7) is -2.37. The summed E-state index contributed by atoms with van der Waals surface area (Å²) in [7, 11) is -10.7. The summed E-state index contributed by atoms with van der Waals surface area (Å²) in [5.74, 6) is 0. The van der Waals surface area contributed by atoms with Crippen molar-refractivity contribution in [3.8, 4) is 0 Å². The van der Waals surface area contributed by atoms with Crippen LogP contribution < -0.4 is 59.1 Å². The van der Waals surface area contributed by atoms with E-state index in [0.717, 1.165) is 6.07 Å². The fourth-order valence-electron chi connectivity index (χ4n) is 2.15. The van der Waals surface area contributed by atoms with Crippen LogP contribution in [0.3, 0.4) is 0 Å². The molecule has 0 fully saturated rings. The van der Waals surface area contributed by atoms with Crippen molar-refractivity contribution in [1.82, 2.24) is 0 Å². The molecule has 0 aliphatic heterocycles. The van der Waals surface area contributed by atoms with E-state index in [1.54, 1.807) is 0 Å². The largest absolute Gasteiger partial charge is 1.00 e. The van der Waals surface area contributed by atoms with E-state index in [1.807, 2.05) is 0 Å². The van der Waals surface area contributed by atoms with Crippen molar-refractivity contribution in [1.29, 1.82) is 0 Å². The van der Waals surface area contributed by atoms with Crippen LogP contribution in [0.1, 0.15) is 16.7 Å². The molecule has 0 unspecified atom stereocenters. The van der Waals surface area contributed by atoms with Gasteiger partial charge in [0.2, 0.25) is 0 Å². The van der Waals surface area contributed by atoms with E-state index in [-0.39, 0.29) is 59.1 Å². The first-order chi connectivity index (χ1) is 12.1. The number of hydrogen-bond donors (Lipinski definition) is 0. The molecule has 0 spiro atoms. The molecular weight excluding hydrogens is 440 g/mol. The quantitative estimate of drug-likeness (QED) is 0.126. The van der Waals surface area contributed by atoms with Crippen LogP contribution in [0.25, 0.3) is 31.3 Å². The van der Waals surface area contributed by atoms with Gasteiger partial charge < -0.3 is 9.11 Å². The van der Waals surface area contributed by atoms with Gasteiger partial charge in [-0.3, -0.25) is 0 Å². The van der Waals surface area contributed by atoms with E-state index >= 15 is 0 Å². The summed E-state index contributed by atoms with van der Waals surface area (Å²) >= 11 is 0. The van der Waals surface area contributed by atoms with Gasteiger partial charge in [-0.2, -0.15) is 0 Å². The van der Waals surface area contributed by atoms with Gasteiger partial charge >= 0.3 is 59.1 Å². The van der Waals surface area contributed by atoms with Crippen molar-refractivity contribution in [2.24, 2.45) is 15.3 Å². The average Bonchev–Trinajstić information content (AvgIpc) is 2.53. The monoisotopic (exact) mass is 447 g/mol. The normalized spacial score (nSPS) is 10.2. The zero-order valence-corrected chi connectivity index (χ0v) is 20.1. The molecule has 0 saturated heterocycles. The third kappa shape index (κ3) is 7.77. The maximum absolute atomic E-state index is 11.6. The van der Waals surface area contributed by atoms with E-state index in [0.29, 0.717) is 0 Å². The Hall–Kier alpha value is -1.03. The predicted octanol–water partition coefficient (Wildman–Crippen LogP) is -4.07. The molecule has 1 aromatic carbocycles. The van der Waals surface area contributed by atoms with Crippen molar-refractivity contribution >= 4 is 20.2 Å². The minimum absolute atomic E-state index is 0. The Morgan fingerprint density at radius 1 is 0.750 bits per heavy atom. The first-order valence-electron chi connectivity index (χ1n) is 6.19. The molecule has 0 heterocycles. The van der Waals surface area contributed by atoms with E-state index in [1.165, 1.54) is 0 Å². The molecule has 0 aliphatic rings. The third-order valence-electron chi connectivity index (χ3n) is 2.88. The van der Waals surface area contributed by atoms with Crippen LogP contribution in [-0.2, 0) is 39.9 Å². The fraction of sp³-hybridized carbons (Fsp3) is 0.333. The molecule has 0 saturated carbocycles. The first-order valence-corrected chi connectivity index (χ1v) is 9.01. The molecule has 0 aliphatic carbocycles. The summed E-state index contributed by atoms with van der Waals surface area (Å²) in [6, 6.07) is 0.790. The van der Waals surface area contributed by atoms with Crippen LogP contribution in [0.15, 0.2) is 31.2 Å². The van der Waals surface area contributed by atoms with Crippen molar-refractivity contribution in [3.63, 3.8) is 0 Å². The second-order valence-corrected chi connectivity index (χ2v) is 7.04. The van der Waals surface area contributed by atoms with Gasteiger partial charge in [-0.15, -0.1) is 0 Å². The Labute approximate surface area is 202 Å². The molecule has 1 aromatic rings. The minimum Gasteiger partial charge on any atom is -0.744 e. The van der Waals surface area contributed by atoms with Gasteiger partial charge in [0.25, 0.3) is 0 Å². The molecule has 0 amide bonds. The van der Waals surface area contributed by atoms with Gasteiger partial charge in [-0.05, 0) is 33.3 Å². The number of hydrogen-bond acceptors (Lipinski definition) is 9. The first kappa shape index (κ1) is 29.2. The Morgan fingerprint density at radius 2 is 1.07 bits per heavy atom. The Kier molecular flexibility index (Phi) is 13.0. The van der Waals surface area contributed by atoms with Crippen LogP contribution in [0.5, 0.6) is 0 Å². The molecular formula is C9H7N9Na2O6S2. The topological polar surface area (TPSA) is 261 Å². The van der Waals surface area contributed by atoms with Gasteiger partial charge in [0, 0.05) is 14.7 Å². The minimum atomic E-state index is -5.37. The molecule has 1 rings (SSSR count). The summed E-state index contributed by atoms with van der Waals surface area (Å²) in [6.07, 6.45) is 0. The van der Waals surface area contributed by atoms with Crippen molar-refractivity contribution in [2.45, 2.75) is 29.4 Å². The number of azide groups is 3. The van der Waals surface area contributed by atoms with E-state index in [4.69, 9.17) is 16.6 Å². The molecule has 15 nitrogen and oxygen atoms in total. The van der Waals surface area contributed by atoms with Crippen molar-refractivity contribution in [3.05, 3.63) is 54.1 Å².